The predicted octanol–water partition coefficient (Wildman–Crippen LogP) is 28.2. The highest BCUT2D eigenvalue weighted by Crippen LogP contribution is 2.62. The number of hydrogen-bond acceptors (Lipinski definition) is 12. The van der Waals surface area contributed by atoms with Gasteiger partial charge in [-0.05, 0) is 306 Å². The molecule has 0 aromatic heterocycles. The molecule has 0 amide bonds. The molecule has 4 unspecified atom stereocenters. The van der Waals surface area contributed by atoms with Crippen LogP contribution in [0.3, 0.4) is 0 Å². The number of nitrogens with one attached hydrogen (secondary N) is 6. The number of hydrogen-bond donors (Lipinski definition) is 12. The number of aliphatic hydroxyl groups excluding tert-OH is 6. The lowest BCUT2D eigenvalue weighted by Gasteiger charge is -2.38. The Balaban J connectivity index is 0.000000108. The number of alkyl halides is 15. The molecule has 24 atom stereocenters. The Morgan fingerprint density at radius 3 is 0.697 bits per heavy atom. The second-order valence-electron chi connectivity index (χ2n) is 39.8. The second-order valence-corrected chi connectivity index (χ2v) is 40.7. The van der Waals surface area contributed by atoms with Crippen molar-refractivity contribution < 1.29 is 101 Å². The Kier molecular flexibility index (Phi) is 28.2. The molecule has 0 radical (unpaired) electrons. The van der Waals surface area contributed by atoms with Gasteiger partial charge in [0.2, 0.25) is 0 Å². The Labute approximate surface area is 820 Å². The Morgan fingerprint density at radius 2 is 0.451 bits per heavy atom. The van der Waals surface area contributed by atoms with Gasteiger partial charge in [-0.15, -0.1) is 0 Å². The predicted molar refractivity (Wildman–Crippen MR) is 517 cm³/mol. The summed E-state index contributed by atoms with van der Waals surface area (Å²) >= 11 is 3.38. The molecule has 0 bridgehead atoms. The van der Waals surface area contributed by atoms with Crippen molar-refractivity contribution >= 4 is 50.1 Å². The molecule has 12 aliphatic rings. The van der Waals surface area contributed by atoms with Gasteiger partial charge in [0.15, 0.2) is 0 Å². The van der Waals surface area contributed by atoms with Crippen molar-refractivity contribution in [3.63, 3.8) is 0 Å². The van der Waals surface area contributed by atoms with Crippen molar-refractivity contribution in [3.05, 3.63) is 390 Å². The minimum absolute atomic E-state index is 0.0117. The van der Waals surface area contributed by atoms with E-state index in [-0.39, 0.29) is 113 Å². The van der Waals surface area contributed by atoms with Crippen LogP contribution in [0.1, 0.15) is 243 Å². The van der Waals surface area contributed by atoms with E-state index in [0.29, 0.717) is 109 Å². The van der Waals surface area contributed by atoms with E-state index in [2.05, 4.69) is 60.0 Å². The van der Waals surface area contributed by atoms with Crippen LogP contribution < -0.4 is 31.9 Å². The third-order valence-corrected chi connectivity index (χ3v) is 31.8. The normalized spacial score (nSPS) is 29.0. The summed E-state index contributed by atoms with van der Waals surface area (Å²) in [6.45, 7) is 0. The summed E-state index contributed by atoms with van der Waals surface area (Å²) in [6.07, 6.45) is -17.0. The SMILES string of the molecule is OC1CC[C@@H]2C1c1cc(C(F)(F)F)ccc1N[C@@H]2c1ccccc1.O[C@@H]1C[C@@H]2[C@@H](c3ccccc3)Nc3ccc(C(F)(F)F)cc3[C@@H]2C1.O[C@@H]1C[C@@H]2[C@H](C1)c1cc(C(F)(F)F)ccc1N[C@H]2c1ccccc1.O[C@H]1CC2c3cc(C(F)(F)F)ccc3N[C@H](c3ccccc3)[C@@H]2C1.O[C@H]1CC[C@@H]2C1c1cc(C(F)(F)F)ccc1N[C@@H]2c1ccccc1.O[C@H]1C[C@@H]2[C@H](C1)c1cc(Br)cc(F)c1N[C@H]2c1ccccc1. The smallest absolute Gasteiger partial charge is 0.393 e. The highest BCUT2D eigenvalue weighted by Gasteiger charge is 2.53. The number of benzene rings is 12. The zero-order valence-corrected chi connectivity index (χ0v) is 78.2. The first-order valence-electron chi connectivity index (χ1n) is 48.3. The van der Waals surface area contributed by atoms with Crippen LogP contribution in [-0.4, -0.2) is 67.3 Å². The van der Waals surface area contributed by atoms with Crippen LogP contribution in [0, 0.1) is 41.3 Å². The first-order valence-corrected chi connectivity index (χ1v) is 49.1. The molecule has 12 N–H and O–H groups in total. The molecule has 6 saturated carbocycles. The zero-order valence-electron chi connectivity index (χ0n) is 76.6. The van der Waals surface area contributed by atoms with Crippen molar-refractivity contribution in [2.45, 2.75) is 216 Å². The van der Waals surface area contributed by atoms with Gasteiger partial charge in [-0.2, -0.15) is 65.9 Å². The third kappa shape index (κ3) is 20.7. The molecule has 12 aromatic carbocycles. The number of anilines is 6. The van der Waals surface area contributed by atoms with E-state index in [1.807, 2.05) is 176 Å². The van der Waals surface area contributed by atoms with Crippen molar-refractivity contribution in [1.82, 2.24) is 0 Å². The van der Waals surface area contributed by atoms with E-state index in [4.69, 9.17) is 0 Å². The zero-order chi connectivity index (χ0) is 99.8. The van der Waals surface area contributed by atoms with Crippen LogP contribution in [0.2, 0.25) is 0 Å². The number of fused-ring (bicyclic) bond motifs is 18. The summed E-state index contributed by atoms with van der Waals surface area (Å²) in [5, 5.41) is 81.8. The molecule has 12 nitrogen and oxygen atoms in total. The van der Waals surface area contributed by atoms with E-state index >= 15 is 0 Å². The third-order valence-electron chi connectivity index (χ3n) is 31.4. The van der Waals surface area contributed by atoms with Gasteiger partial charge < -0.3 is 62.5 Å². The highest BCUT2D eigenvalue weighted by molar-refractivity contribution is 9.10. The maximum atomic E-state index is 14.4. The van der Waals surface area contributed by atoms with Gasteiger partial charge >= 0.3 is 30.9 Å². The molecule has 24 rings (SSSR count). The number of halogens is 17. The van der Waals surface area contributed by atoms with Crippen LogP contribution in [0.25, 0.3) is 0 Å². The van der Waals surface area contributed by atoms with Crippen LogP contribution in [-0.2, 0) is 30.9 Å². The van der Waals surface area contributed by atoms with Gasteiger partial charge in [-0.3, -0.25) is 0 Å². The molecular formula is C113H107BrF16N6O6. The Hall–Kier alpha value is -11.4. The van der Waals surface area contributed by atoms with Gasteiger partial charge in [0.25, 0.3) is 0 Å². The molecule has 6 fully saturated rings. The summed E-state index contributed by atoms with van der Waals surface area (Å²) in [5.41, 5.74) is 11.9. The van der Waals surface area contributed by atoms with Crippen LogP contribution in [0.5, 0.6) is 0 Å². The fourth-order valence-electron chi connectivity index (χ4n) is 25.2. The van der Waals surface area contributed by atoms with Gasteiger partial charge in [0.05, 0.1) is 106 Å². The van der Waals surface area contributed by atoms with Crippen molar-refractivity contribution in [2.75, 3.05) is 31.9 Å². The fourth-order valence-corrected chi connectivity index (χ4v) is 25.6. The summed E-state index contributed by atoms with van der Waals surface area (Å²) in [6, 6.07) is 82.5. The van der Waals surface area contributed by atoms with Crippen LogP contribution in [0.4, 0.5) is 104 Å². The molecule has 0 saturated heterocycles. The maximum absolute atomic E-state index is 14.4. The average Bonchev–Trinajstić information content (AvgIpc) is 1.55. The van der Waals surface area contributed by atoms with E-state index in [9.17, 15) is 101 Å². The van der Waals surface area contributed by atoms with E-state index in [1.165, 1.54) is 66.7 Å². The molecule has 744 valence electrons. The van der Waals surface area contributed by atoms with Crippen molar-refractivity contribution in [1.29, 1.82) is 0 Å². The van der Waals surface area contributed by atoms with Crippen molar-refractivity contribution in [3.8, 4) is 0 Å². The van der Waals surface area contributed by atoms with E-state index in [0.717, 1.165) is 110 Å². The maximum Gasteiger partial charge on any atom is 0.416 e. The second kappa shape index (κ2) is 40.3. The van der Waals surface area contributed by atoms with Crippen molar-refractivity contribution in [2.24, 2.45) is 35.5 Å². The largest absolute Gasteiger partial charge is 0.416 e. The molecule has 142 heavy (non-hydrogen) atoms. The lowest BCUT2D eigenvalue weighted by molar-refractivity contribution is -0.138. The van der Waals surface area contributed by atoms with Crippen LogP contribution >= 0.6 is 15.9 Å². The molecule has 12 aromatic rings. The average molecular weight is 2030 g/mol. The fraction of sp³-hybridized carbons (Fsp3) is 0.363. The quantitative estimate of drug-likeness (QED) is 0.0706. The summed E-state index contributed by atoms with van der Waals surface area (Å²) in [5.74, 6) is 0.0675. The summed E-state index contributed by atoms with van der Waals surface area (Å²) in [7, 11) is 0. The summed E-state index contributed by atoms with van der Waals surface area (Å²) in [4.78, 5) is 0. The lowest BCUT2D eigenvalue weighted by Crippen LogP contribution is -2.32. The van der Waals surface area contributed by atoms with Gasteiger partial charge in [0.1, 0.15) is 5.82 Å². The van der Waals surface area contributed by atoms with Gasteiger partial charge in [0, 0.05) is 44.7 Å². The Morgan fingerprint density at radius 1 is 0.232 bits per heavy atom. The monoisotopic (exact) mass is 2030 g/mol. The molecule has 6 aliphatic heterocycles. The van der Waals surface area contributed by atoms with Crippen LogP contribution in [0.15, 0.2) is 290 Å². The minimum Gasteiger partial charge on any atom is -0.393 e. The molecule has 0 spiro atoms. The Bertz CT molecular complexity index is 5880. The van der Waals surface area contributed by atoms with E-state index < -0.39 is 89.2 Å². The number of rotatable bonds is 6. The highest BCUT2D eigenvalue weighted by atomic mass is 79.9. The molecular weight excluding hydrogens is 1920 g/mol. The van der Waals surface area contributed by atoms with E-state index in [1.54, 1.807) is 0 Å². The standard InChI is InChI=1S/5C19H18F3NO.C18H17BrFNO/c2*20-19(21,22)12-6-8-15-14(10-12)17-13(7-9-16(17)24)18(23-15)11-4-2-1-3-5-11;3*20-19(21,22)12-6-7-17-15(8-12)14-9-13(24)10-16(14)18(23-17)11-4-2-1-3-5-11;19-11-6-14-13-8-12(22)9-15(13)17(10-4-2-1-3-5-10)21-18(14)16(20)7-11/h2*1-6,8,10,13,16-18,23-24H,7,9H2;3*1-8,13-14,16,18,23-24H,9-10H2;1-7,12-13,15,17,21-22H,8-9H2/t13-,16?,17?,18-;13-,16+,17?,18-;13-,14?,16+,18+;13-,14+,16+,18-;13-,14-,16-,18+;12-,13-,15-,17+/m110001/s1. The molecule has 29 heteroatoms. The van der Waals surface area contributed by atoms with Gasteiger partial charge in [-0.1, -0.05) is 198 Å². The minimum atomic E-state index is -4.37. The van der Waals surface area contributed by atoms with Gasteiger partial charge in [-0.25, -0.2) is 4.39 Å². The summed E-state index contributed by atoms with van der Waals surface area (Å²) < 4.78 is 211. The molecule has 6 heterocycles. The number of aliphatic hydroxyl groups is 6. The first kappa shape index (κ1) is 99.3. The first-order chi connectivity index (χ1) is 67.8. The molecule has 6 aliphatic carbocycles. The lowest BCUT2D eigenvalue weighted by atomic mass is 9.76. The topological polar surface area (TPSA) is 194 Å².